The van der Waals surface area contributed by atoms with Gasteiger partial charge in [0.05, 0.1) is 0 Å². The molecule has 0 aromatic heterocycles. The maximum atomic E-state index is 13.4. The highest BCUT2D eigenvalue weighted by atomic mass is 19.1. The Kier molecular flexibility index (Phi) is 3.94. The second kappa shape index (κ2) is 6.13. The first-order valence-electron chi connectivity index (χ1n) is 8.68. The number of halogens is 1. The van der Waals surface area contributed by atoms with Gasteiger partial charge in [-0.15, -0.1) is 0 Å². The van der Waals surface area contributed by atoms with E-state index >= 15 is 0 Å². The van der Waals surface area contributed by atoms with Crippen LogP contribution in [0.15, 0.2) is 24.3 Å². The van der Waals surface area contributed by atoms with Gasteiger partial charge in [0, 0.05) is 24.9 Å². The Morgan fingerprint density at radius 1 is 1.28 bits per heavy atom. The van der Waals surface area contributed by atoms with Crippen LogP contribution in [0.25, 0.3) is 0 Å². The van der Waals surface area contributed by atoms with E-state index in [2.05, 4.69) is 10.6 Å². The van der Waals surface area contributed by atoms with Crippen LogP contribution in [0.3, 0.4) is 0 Å². The Morgan fingerprint density at radius 2 is 2.12 bits per heavy atom. The zero-order chi connectivity index (χ0) is 17.6. The molecule has 0 spiro atoms. The number of hydrogen-bond acceptors (Lipinski definition) is 3. The van der Waals surface area contributed by atoms with Crippen LogP contribution in [0.1, 0.15) is 30.7 Å². The molecule has 6 nitrogen and oxygen atoms in total. The Labute approximate surface area is 144 Å². The SMILES string of the molecule is O=C1NC(=O)[C@H]([C@@H]2CCCN(C(=O)[C@@H]3C[C@@H]3c3cccc(F)c3)C2)N1. The average molecular weight is 345 g/mol. The second-order valence-corrected chi connectivity index (χ2v) is 7.13. The third-order valence-electron chi connectivity index (χ3n) is 5.43. The number of carbonyl (C=O) groups excluding carboxylic acids is 3. The molecule has 4 rings (SSSR count). The van der Waals surface area contributed by atoms with Gasteiger partial charge in [-0.2, -0.15) is 0 Å². The lowest BCUT2D eigenvalue weighted by Crippen LogP contribution is -2.48. The van der Waals surface area contributed by atoms with E-state index < -0.39 is 12.1 Å². The van der Waals surface area contributed by atoms with E-state index in [1.54, 1.807) is 11.0 Å². The number of amides is 4. The van der Waals surface area contributed by atoms with Crippen LogP contribution in [0.5, 0.6) is 0 Å². The van der Waals surface area contributed by atoms with E-state index in [0.717, 1.165) is 24.8 Å². The molecule has 1 aliphatic carbocycles. The fourth-order valence-electron chi connectivity index (χ4n) is 4.05. The van der Waals surface area contributed by atoms with E-state index in [0.29, 0.717) is 13.1 Å². The minimum atomic E-state index is -0.554. The topological polar surface area (TPSA) is 78.5 Å². The molecule has 25 heavy (non-hydrogen) atoms. The summed E-state index contributed by atoms with van der Waals surface area (Å²) < 4.78 is 13.4. The third kappa shape index (κ3) is 3.10. The minimum absolute atomic E-state index is 0.0597. The third-order valence-corrected chi connectivity index (χ3v) is 5.43. The summed E-state index contributed by atoms with van der Waals surface area (Å²) in [4.78, 5) is 37.7. The van der Waals surface area contributed by atoms with E-state index in [9.17, 15) is 18.8 Å². The van der Waals surface area contributed by atoms with Crippen LogP contribution in [-0.2, 0) is 9.59 Å². The van der Waals surface area contributed by atoms with E-state index in [1.165, 1.54) is 12.1 Å². The van der Waals surface area contributed by atoms with Crippen LogP contribution >= 0.6 is 0 Å². The number of hydrogen-bond donors (Lipinski definition) is 2. The summed E-state index contributed by atoms with van der Waals surface area (Å²) in [6.45, 7) is 1.15. The first kappa shape index (κ1) is 16.1. The Morgan fingerprint density at radius 3 is 2.84 bits per heavy atom. The summed E-state index contributed by atoms with van der Waals surface area (Å²) in [6, 6.07) is 5.41. The summed E-state index contributed by atoms with van der Waals surface area (Å²) >= 11 is 0. The van der Waals surface area contributed by atoms with Gasteiger partial charge in [0.1, 0.15) is 11.9 Å². The summed E-state index contributed by atoms with van der Waals surface area (Å²) in [6.07, 6.45) is 2.36. The van der Waals surface area contributed by atoms with Gasteiger partial charge in [0.25, 0.3) is 5.91 Å². The van der Waals surface area contributed by atoms with Gasteiger partial charge in [-0.25, -0.2) is 9.18 Å². The Bertz CT molecular complexity index is 738. The molecule has 4 amide bonds. The molecule has 132 valence electrons. The molecule has 3 aliphatic rings. The molecule has 1 saturated carbocycles. The number of imide groups is 1. The number of rotatable bonds is 3. The first-order valence-corrected chi connectivity index (χ1v) is 8.68. The van der Waals surface area contributed by atoms with Crippen molar-refractivity contribution >= 4 is 17.8 Å². The Hall–Kier alpha value is -2.44. The van der Waals surface area contributed by atoms with Crippen LogP contribution in [0.4, 0.5) is 9.18 Å². The molecule has 7 heteroatoms. The highest BCUT2D eigenvalue weighted by molar-refractivity contribution is 6.04. The summed E-state index contributed by atoms with van der Waals surface area (Å²) in [5.41, 5.74) is 0.870. The minimum Gasteiger partial charge on any atom is -0.342 e. The standard InChI is InChI=1S/C18H20FN3O3/c19-12-5-1-3-10(7-12)13-8-14(13)17(24)22-6-2-4-11(9-22)15-16(23)21-18(25)20-15/h1,3,5,7,11,13-15H,2,4,6,8-9H2,(H2,20,21,23,25)/t11-,13-,14-,15+/m1/s1. The lowest BCUT2D eigenvalue weighted by Gasteiger charge is -2.34. The van der Waals surface area contributed by atoms with E-state index in [4.69, 9.17) is 0 Å². The van der Waals surface area contributed by atoms with Crippen LogP contribution < -0.4 is 10.6 Å². The highest BCUT2D eigenvalue weighted by Crippen LogP contribution is 2.48. The lowest BCUT2D eigenvalue weighted by atomic mass is 9.90. The molecule has 3 fully saturated rings. The van der Waals surface area contributed by atoms with Crippen molar-refractivity contribution in [3.8, 4) is 0 Å². The second-order valence-electron chi connectivity index (χ2n) is 7.13. The van der Waals surface area contributed by atoms with Gasteiger partial charge in [-0.05, 0) is 42.9 Å². The van der Waals surface area contributed by atoms with Gasteiger partial charge in [-0.3, -0.25) is 14.9 Å². The molecular weight excluding hydrogens is 325 g/mol. The number of nitrogens with zero attached hydrogens (tertiary/aromatic N) is 1. The summed E-state index contributed by atoms with van der Waals surface area (Å²) in [5, 5.41) is 4.89. The molecule has 2 aliphatic heterocycles. The van der Waals surface area contributed by atoms with Crippen molar-refractivity contribution in [2.75, 3.05) is 13.1 Å². The predicted molar refractivity (Wildman–Crippen MR) is 87.0 cm³/mol. The molecule has 1 aromatic carbocycles. The van der Waals surface area contributed by atoms with Gasteiger partial charge >= 0.3 is 6.03 Å². The maximum Gasteiger partial charge on any atom is 0.322 e. The molecule has 0 radical (unpaired) electrons. The lowest BCUT2D eigenvalue weighted by molar-refractivity contribution is -0.135. The van der Waals surface area contributed by atoms with Crippen molar-refractivity contribution in [1.82, 2.24) is 15.5 Å². The predicted octanol–water partition coefficient (Wildman–Crippen LogP) is 1.38. The number of piperidine rings is 1. The van der Waals surface area contributed by atoms with Gasteiger partial charge in [0.15, 0.2) is 0 Å². The van der Waals surface area contributed by atoms with E-state index in [-0.39, 0.29) is 35.4 Å². The maximum absolute atomic E-state index is 13.4. The van der Waals surface area contributed by atoms with Gasteiger partial charge in [0.2, 0.25) is 5.91 Å². The van der Waals surface area contributed by atoms with Crippen molar-refractivity contribution < 1.29 is 18.8 Å². The van der Waals surface area contributed by atoms with Gasteiger partial charge < -0.3 is 10.2 Å². The monoisotopic (exact) mass is 345 g/mol. The average Bonchev–Trinajstić information content (AvgIpc) is 3.33. The number of urea groups is 1. The first-order chi connectivity index (χ1) is 12.0. The number of benzene rings is 1. The quantitative estimate of drug-likeness (QED) is 0.813. The number of likely N-dealkylation sites (tertiary alicyclic amines) is 1. The molecule has 2 saturated heterocycles. The van der Waals surface area contributed by atoms with Crippen molar-refractivity contribution in [3.63, 3.8) is 0 Å². The molecule has 4 atom stereocenters. The van der Waals surface area contributed by atoms with Crippen molar-refractivity contribution in [3.05, 3.63) is 35.6 Å². The van der Waals surface area contributed by atoms with Crippen LogP contribution in [0.2, 0.25) is 0 Å². The van der Waals surface area contributed by atoms with Crippen LogP contribution in [-0.4, -0.2) is 41.9 Å². The summed E-state index contributed by atoms with van der Waals surface area (Å²) in [7, 11) is 0. The fraction of sp³-hybridized carbons (Fsp3) is 0.500. The van der Waals surface area contributed by atoms with Crippen molar-refractivity contribution in [2.24, 2.45) is 11.8 Å². The van der Waals surface area contributed by atoms with Crippen LogP contribution in [0, 0.1) is 17.7 Å². The molecule has 2 N–H and O–H groups in total. The summed E-state index contributed by atoms with van der Waals surface area (Å²) in [5.74, 6) is -0.602. The number of nitrogens with one attached hydrogen (secondary N) is 2. The molecule has 0 unspecified atom stereocenters. The molecule has 2 heterocycles. The normalized spacial score (nSPS) is 31.5. The van der Waals surface area contributed by atoms with Crippen molar-refractivity contribution in [1.29, 1.82) is 0 Å². The molecule has 1 aromatic rings. The van der Waals surface area contributed by atoms with Crippen molar-refractivity contribution in [2.45, 2.75) is 31.2 Å². The van der Waals surface area contributed by atoms with Gasteiger partial charge in [-0.1, -0.05) is 12.1 Å². The zero-order valence-corrected chi connectivity index (χ0v) is 13.7. The number of carbonyl (C=O) groups is 3. The fourth-order valence-corrected chi connectivity index (χ4v) is 4.05. The highest BCUT2D eigenvalue weighted by Gasteiger charge is 2.47. The Balaban J connectivity index is 1.40. The largest absolute Gasteiger partial charge is 0.342 e. The van der Waals surface area contributed by atoms with E-state index in [1.807, 2.05) is 6.07 Å². The smallest absolute Gasteiger partial charge is 0.322 e. The zero-order valence-electron chi connectivity index (χ0n) is 13.7. The molecule has 0 bridgehead atoms. The molecular formula is C18H20FN3O3.